The Kier molecular flexibility index (Phi) is 1.50. The van der Waals surface area contributed by atoms with E-state index in [0.717, 1.165) is 5.41 Å². The Morgan fingerprint density at radius 1 is 0.857 bits per heavy atom. The minimum atomic E-state index is 0.906. The molecule has 4 bridgehead atoms. The van der Waals surface area contributed by atoms with Crippen LogP contribution in [0.25, 0.3) is 0 Å². The van der Waals surface area contributed by atoms with Gasteiger partial charge in [0, 0.05) is 0 Å². The highest BCUT2D eigenvalue weighted by molar-refractivity contribution is 5.07. The lowest BCUT2D eigenvalue weighted by Crippen LogP contribution is -2.48. The summed E-state index contributed by atoms with van der Waals surface area (Å²) >= 11 is 0. The quantitative estimate of drug-likeness (QED) is 0.586. The van der Waals surface area contributed by atoms with Crippen LogP contribution in [0.15, 0.2) is 0 Å². The van der Waals surface area contributed by atoms with Gasteiger partial charge in [-0.2, -0.15) is 0 Å². The molecule has 0 aromatic rings. The molecule has 0 nitrogen and oxygen atoms in total. The Hall–Kier alpha value is 0. The minimum absolute atomic E-state index is 0.906. The summed E-state index contributed by atoms with van der Waals surface area (Å²) < 4.78 is 0. The molecule has 5 aliphatic carbocycles. The third-order valence-electron chi connectivity index (χ3n) is 6.20. The second kappa shape index (κ2) is 2.57. The van der Waals surface area contributed by atoms with E-state index < -0.39 is 0 Å². The molecule has 0 N–H and O–H groups in total. The van der Waals surface area contributed by atoms with Crippen molar-refractivity contribution in [3.8, 4) is 0 Å². The fourth-order valence-corrected chi connectivity index (χ4v) is 5.72. The second-order valence-corrected chi connectivity index (χ2v) is 6.81. The molecule has 0 saturated heterocycles. The van der Waals surface area contributed by atoms with Crippen molar-refractivity contribution < 1.29 is 0 Å². The lowest BCUT2D eigenvalue weighted by atomic mass is 9.47. The molecule has 0 amide bonds. The van der Waals surface area contributed by atoms with Crippen LogP contribution in [0.5, 0.6) is 0 Å². The molecule has 0 heterocycles. The van der Waals surface area contributed by atoms with Crippen molar-refractivity contribution in [3.05, 3.63) is 0 Å². The van der Waals surface area contributed by atoms with Gasteiger partial charge in [-0.1, -0.05) is 19.3 Å². The first-order valence-corrected chi connectivity index (χ1v) is 6.86. The highest BCUT2D eigenvalue weighted by Crippen LogP contribution is 2.67. The Bertz CT molecular complexity index is 243. The Morgan fingerprint density at radius 2 is 1.79 bits per heavy atom. The van der Waals surface area contributed by atoms with Crippen molar-refractivity contribution in [2.24, 2.45) is 29.1 Å². The van der Waals surface area contributed by atoms with Crippen LogP contribution in [0.3, 0.4) is 0 Å². The van der Waals surface area contributed by atoms with Crippen molar-refractivity contribution in [2.45, 2.75) is 57.8 Å². The van der Waals surface area contributed by atoms with Crippen molar-refractivity contribution in [2.75, 3.05) is 0 Å². The van der Waals surface area contributed by atoms with Crippen LogP contribution in [0.4, 0.5) is 0 Å². The molecule has 0 heteroatoms. The maximum absolute atomic E-state index is 1.64. The molecule has 3 atom stereocenters. The summed E-state index contributed by atoms with van der Waals surface area (Å²) in [5.74, 6) is 4.71. The summed E-state index contributed by atoms with van der Waals surface area (Å²) in [4.78, 5) is 0. The van der Waals surface area contributed by atoms with E-state index in [0.29, 0.717) is 0 Å². The van der Waals surface area contributed by atoms with Gasteiger partial charge < -0.3 is 0 Å². The van der Waals surface area contributed by atoms with Crippen LogP contribution in [0.2, 0.25) is 0 Å². The lowest BCUT2D eigenvalue weighted by Gasteiger charge is -2.58. The number of fused-ring (bicyclic) bond motifs is 4. The molecule has 0 aliphatic heterocycles. The van der Waals surface area contributed by atoms with Gasteiger partial charge in [0.05, 0.1) is 0 Å². The second-order valence-electron chi connectivity index (χ2n) is 6.81. The van der Waals surface area contributed by atoms with E-state index in [9.17, 15) is 0 Å². The molecule has 5 aliphatic rings. The maximum Gasteiger partial charge on any atom is -0.0261 e. The van der Waals surface area contributed by atoms with Gasteiger partial charge in [0.15, 0.2) is 0 Å². The van der Waals surface area contributed by atoms with Crippen LogP contribution >= 0.6 is 0 Å². The average molecular weight is 190 g/mol. The molecule has 0 aromatic carbocycles. The average Bonchev–Trinajstić information content (AvgIpc) is 2.78. The first kappa shape index (κ1) is 8.19. The zero-order valence-corrected chi connectivity index (χ0v) is 9.17. The highest BCUT2D eigenvalue weighted by Gasteiger charge is 2.56. The summed E-state index contributed by atoms with van der Waals surface area (Å²) in [5.41, 5.74) is 0.906. The predicted octanol–water partition coefficient (Wildman–Crippen LogP) is 4.00. The van der Waals surface area contributed by atoms with Gasteiger partial charge in [0.1, 0.15) is 0 Å². The minimum Gasteiger partial charge on any atom is -0.0525 e. The van der Waals surface area contributed by atoms with Crippen LogP contribution in [-0.2, 0) is 0 Å². The highest BCUT2D eigenvalue weighted by atomic mass is 14.6. The molecule has 14 heavy (non-hydrogen) atoms. The van der Waals surface area contributed by atoms with Gasteiger partial charge >= 0.3 is 0 Å². The standard InChI is InChI=1S/C14H22/c1-2-11-8-14(5-1,9-11)13-7-10-3-4-12(13)6-10/h10-13H,1-9H2. The van der Waals surface area contributed by atoms with Crippen LogP contribution < -0.4 is 0 Å². The van der Waals surface area contributed by atoms with E-state index in [1.54, 1.807) is 57.8 Å². The normalized spacial score (nSPS) is 60.0. The molecule has 78 valence electrons. The van der Waals surface area contributed by atoms with Crippen LogP contribution in [0.1, 0.15) is 57.8 Å². The molecule has 0 spiro atoms. The lowest BCUT2D eigenvalue weighted by molar-refractivity contribution is -0.0755. The van der Waals surface area contributed by atoms with Crippen molar-refractivity contribution in [1.82, 2.24) is 0 Å². The predicted molar refractivity (Wildman–Crippen MR) is 57.9 cm³/mol. The van der Waals surface area contributed by atoms with Gasteiger partial charge in [-0.15, -0.1) is 0 Å². The van der Waals surface area contributed by atoms with Crippen LogP contribution in [-0.4, -0.2) is 0 Å². The maximum atomic E-state index is 1.64. The van der Waals surface area contributed by atoms with E-state index >= 15 is 0 Å². The SMILES string of the molecule is C1CC2CC(C3CC4CCC3C4)(C1)C2. The summed E-state index contributed by atoms with van der Waals surface area (Å²) in [6, 6.07) is 0. The molecule has 0 aromatic heterocycles. The van der Waals surface area contributed by atoms with E-state index in [1.807, 2.05) is 0 Å². The molecular formula is C14H22. The third kappa shape index (κ3) is 0.907. The first-order valence-electron chi connectivity index (χ1n) is 6.86. The van der Waals surface area contributed by atoms with Gasteiger partial charge in [0.25, 0.3) is 0 Å². The third-order valence-corrected chi connectivity index (χ3v) is 6.20. The number of rotatable bonds is 1. The van der Waals surface area contributed by atoms with Gasteiger partial charge in [-0.25, -0.2) is 0 Å². The topological polar surface area (TPSA) is 0 Å². The van der Waals surface area contributed by atoms with Crippen molar-refractivity contribution in [3.63, 3.8) is 0 Å². The molecule has 5 fully saturated rings. The summed E-state index contributed by atoms with van der Waals surface area (Å²) in [7, 11) is 0. The van der Waals surface area contributed by atoms with Gasteiger partial charge in [-0.3, -0.25) is 0 Å². The van der Waals surface area contributed by atoms with E-state index in [2.05, 4.69) is 0 Å². The smallest absolute Gasteiger partial charge is 0.0261 e. The first-order chi connectivity index (χ1) is 6.86. The van der Waals surface area contributed by atoms with Gasteiger partial charge in [-0.05, 0) is 67.6 Å². The molecular weight excluding hydrogens is 168 g/mol. The summed E-state index contributed by atoms with van der Waals surface area (Å²) in [6.07, 6.45) is 14.5. The Morgan fingerprint density at radius 3 is 2.36 bits per heavy atom. The van der Waals surface area contributed by atoms with Gasteiger partial charge in [0.2, 0.25) is 0 Å². The van der Waals surface area contributed by atoms with E-state index in [-0.39, 0.29) is 0 Å². The summed E-state index contributed by atoms with van der Waals surface area (Å²) in [5, 5.41) is 0. The van der Waals surface area contributed by atoms with E-state index in [1.165, 1.54) is 23.7 Å². The zero-order valence-electron chi connectivity index (χ0n) is 9.17. The number of hydrogen-bond acceptors (Lipinski definition) is 0. The van der Waals surface area contributed by atoms with Crippen molar-refractivity contribution in [1.29, 1.82) is 0 Å². The molecule has 3 unspecified atom stereocenters. The fraction of sp³-hybridized carbons (Fsp3) is 1.00. The monoisotopic (exact) mass is 190 g/mol. The zero-order chi connectivity index (χ0) is 9.17. The van der Waals surface area contributed by atoms with Crippen molar-refractivity contribution >= 4 is 0 Å². The molecule has 5 rings (SSSR count). The largest absolute Gasteiger partial charge is 0.0525 e. The molecule has 5 saturated carbocycles. The number of hydrogen-bond donors (Lipinski definition) is 0. The molecule has 0 radical (unpaired) electrons. The van der Waals surface area contributed by atoms with E-state index in [4.69, 9.17) is 0 Å². The fourth-order valence-electron chi connectivity index (χ4n) is 5.72. The Labute approximate surface area is 87.5 Å². The Balaban J connectivity index is 1.58. The van der Waals surface area contributed by atoms with Crippen LogP contribution in [0, 0.1) is 29.1 Å². The summed E-state index contributed by atoms with van der Waals surface area (Å²) in [6.45, 7) is 0.